The van der Waals surface area contributed by atoms with E-state index >= 15 is 0 Å². The molecule has 2 heteroatoms. The lowest BCUT2D eigenvalue weighted by molar-refractivity contribution is 0.299. The summed E-state index contributed by atoms with van der Waals surface area (Å²) in [4.78, 5) is 0. The van der Waals surface area contributed by atoms with Crippen LogP contribution in [0.2, 0.25) is 0 Å². The van der Waals surface area contributed by atoms with Crippen LogP contribution in [0.25, 0.3) is 0 Å². The van der Waals surface area contributed by atoms with Crippen LogP contribution in [-0.4, -0.2) is 24.3 Å². The second-order valence-electron chi connectivity index (χ2n) is 5.33. The fourth-order valence-corrected chi connectivity index (χ4v) is 2.80. The highest BCUT2D eigenvalue weighted by Crippen LogP contribution is 2.17. The average Bonchev–Trinajstić information content (AvgIpc) is 2.41. The molecule has 2 nitrogen and oxygen atoms in total. The van der Waals surface area contributed by atoms with Gasteiger partial charge in [0.05, 0.1) is 0 Å². The van der Waals surface area contributed by atoms with E-state index in [1.807, 2.05) is 0 Å². The van der Waals surface area contributed by atoms with Gasteiger partial charge in [0.2, 0.25) is 0 Å². The first-order chi connectivity index (χ1) is 8.88. The Labute approximate surface area is 110 Å². The summed E-state index contributed by atoms with van der Waals surface area (Å²) < 4.78 is 0. The highest BCUT2D eigenvalue weighted by molar-refractivity contribution is 5.23. The molecule has 1 saturated carbocycles. The molecule has 0 radical (unpaired) electrons. The molecular formula is C16H25NO. The van der Waals surface area contributed by atoms with Crippen LogP contribution in [0.5, 0.6) is 0 Å². The monoisotopic (exact) mass is 247 g/mol. The van der Waals surface area contributed by atoms with E-state index in [0.29, 0.717) is 0 Å². The Kier molecular flexibility index (Phi) is 5.69. The molecule has 0 aliphatic heterocycles. The summed E-state index contributed by atoms with van der Waals surface area (Å²) >= 11 is 0. The summed E-state index contributed by atoms with van der Waals surface area (Å²) in [7, 11) is 0. The van der Waals surface area contributed by atoms with Crippen molar-refractivity contribution in [3.05, 3.63) is 35.4 Å². The zero-order chi connectivity index (χ0) is 12.6. The zero-order valence-electron chi connectivity index (χ0n) is 11.2. The number of hydrogen-bond donors (Lipinski definition) is 2. The van der Waals surface area contributed by atoms with Gasteiger partial charge in [-0.2, -0.15) is 0 Å². The Morgan fingerprint density at radius 2 is 1.78 bits per heavy atom. The predicted octanol–water partition coefficient (Wildman–Crippen LogP) is 2.69. The van der Waals surface area contributed by atoms with E-state index in [0.717, 1.165) is 25.4 Å². The van der Waals surface area contributed by atoms with Gasteiger partial charge >= 0.3 is 0 Å². The second-order valence-corrected chi connectivity index (χ2v) is 5.33. The van der Waals surface area contributed by atoms with Gasteiger partial charge in [-0.1, -0.05) is 43.5 Å². The Balaban J connectivity index is 1.73. The molecule has 0 unspecified atom stereocenters. The zero-order valence-corrected chi connectivity index (χ0v) is 11.2. The molecule has 0 heterocycles. The summed E-state index contributed by atoms with van der Waals surface area (Å²) in [5.41, 5.74) is 2.62. The first-order valence-corrected chi connectivity index (χ1v) is 7.30. The molecule has 1 aliphatic rings. The summed E-state index contributed by atoms with van der Waals surface area (Å²) in [5, 5.41) is 12.6. The topological polar surface area (TPSA) is 32.3 Å². The van der Waals surface area contributed by atoms with Crippen molar-refractivity contribution in [2.75, 3.05) is 13.2 Å². The number of aliphatic hydroxyl groups is 1. The van der Waals surface area contributed by atoms with Gasteiger partial charge in [-0.05, 0) is 43.4 Å². The highest BCUT2D eigenvalue weighted by Gasteiger charge is 2.11. The maximum atomic E-state index is 8.94. The van der Waals surface area contributed by atoms with Gasteiger partial charge in [0.25, 0.3) is 0 Å². The number of rotatable bonds is 6. The minimum atomic E-state index is 0.240. The Hall–Kier alpha value is -0.860. The van der Waals surface area contributed by atoms with E-state index in [9.17, 15) is 0 Å². The molecule has 100 valence electrons. The lowest BCUT2D eigenvalue weighted by Gasteiger charge is -2.22. The normalized spacial score (nSPS) is 16.9. The van der Waals surface area contributed by atoms with Crippen LogP contribution in [0.3, 0.4) is 0 Å². The van der Waals surface area contributed by atoms with Crippen LogP contribution >= 0.6 is 0 Å². The van der Waals surface area contributed by atoms with Gasteiger partial charge in [-0.25, -0.2) is 0 Å². The summed E-state index contributed by atoms with van der Waals surface area (Å²) in [6, 6.07) is 9.34. The van der Waals surface area contributed by atoms with Gasteiger partial charge < -0.3 is 10.4 Å². The van der Waals surface area contributed by atoms with E-state index in [4.69, 9.17) is 5.11 Å². The maximum Gasteiger partial charge on any atom is 0.0471 e. The van der Waals surface area contributed by atoms with Crippen LogP contribution in [0.4, 0.5) is 0 Å². The molecule has 0 atom stereocenters. The van der Waals surface area contributed by atoms with E-state index in [1.54, 1.807) is 0 Å². The largest absolute Gasteiger partial charge is 0.396 e. The molecule has 0 spiro atoms. The van der Waals surface area contributed by atoms with Crippen molar-refractivity contribution in [1.82, 2.24) is 5.32 Å². The van der Waals surface area contributed by atoms with Gasteiger partial charge in [0.15, 0.2) is 0 Å². The molecule has 2 rings (SSSR count). The third-order valence-corrected chi connectivity index (χ3v) is 3.84. The molecule has 0 aromatic heterocycles. The van der Waals surface area contributed by atoms with Gasteiger partial charge in [-0.15, -0.1) is 0 Å². The van der Waals surface area contributed by atoms with Crippen molar-refractivity contribution in [1.29, 1.82) is 0 Å². The Morgan fingerprint density at radius 3 is 2.50 bits per heavy atom. The SMILES string of the molecule is OCCc1cccc(CCNC2CCCCC2)c1. The van der Waals surface area contributed by atoms with Crippen molar-refractivity contribution < 1.29 is 5.11 Å². The van der Waals surface area contributed by atoms with Gasteiger partial charge in [0.1, 0.15) is 0 Å². The molecule has 1 aromatic carbocycles. The number of aliphatic hydroxyl groups excluding tert-OH is 1. The van der Waals surface area contributed by atoms with Gasteiger partial charge in [0, 0.05) is 12.6 Å². The second kappa shape index (κ2) is 7.55. The number of hydrogen-bond acceptors (Lipinski definition) is 2. The minimum absolute atomic E-state index is 0.240. The van der Waals surface area contributed by atoms with Crippen molar-refractivity contribution in [3.8, 4) is 0 Å². The fraction of sp³-hybridized carbons (Fsp3) is 0.625. The molecule has 1 aliphatic carbocycles. The average molecular weight is 247 g/mol. The standard InChI is InChI=1S/C16H25NO/c18-12-10-15-6-4-5-14(13-15)9-11-17-16-7-2-1-3-8-16/h4-6,13,16-18H,1-3,7-12H2. The van der Waals surface area contributed by atoms with E-state index < -0.39 is 0 Å². The van der Waals surface area contributed by atoms with Gasteiger partial charge in [-0.3, -0.25) is 0 Å². The van der Waals surface area contributed by atoms with E-state index in [1.165, 1.54) is 43.2 Å². The Morgan fingerprint density at radius 1 is 1.06 bits per heavy atom. The van der Waals surface area contributed by atoms with Crippen molar-refractivity contribution in [2.24, 2.45) is 0 Å². The molecule has 0 bridgehead atoms. The van der Waals surface area contributed by atoms with Crippen molar-refractivity contribution in [3.63, 3.8) is 0 Å². The first kappa shape index (κ1) is 13.6. The number of nitrogens with one attached hydrogen (secondary N) is 1. The van der Waals surface area contributed by atoms with Crippen LogP contribution < -0.4 is 5.32 Å². The molecule has 0 saturated heterocycles. The third kappa shape index (κ3) is 4.43. The van der Waals surface area contributed by atoms with E-state index in [2.05, 4.69) is 29.6 Å². The first-order valence-electron chi connectivity index (χ1n) is 7.30. The Bertz CT molecular complexity index is 345. The van der Waals surface area contributed by atoms with Crippen molar-refractivity contribution >= 4 is 0 Å². The highest BCUT2D eigenvalue weighted by atomic mass is 16.2. The molecule has 18 heavy (non-hydrogen) atoms. The van der Waals surface area contributed by atoms with Crippen LogP contribution in [0.1, 0.15) is 43.2 Å². The van der Waals surface area contributed by atoms with Crippen LogP contribution in [0.15, 0.2) is 24.3 Å². The van der Waals surface area contributed by atoms with Crippen LogP contribution in [0, 0.1) is 0 Å². The molecule has 1 fully saturated rings. The smallest absolute Gasteiger partial charge is 0.0471 e. The fourth-order valence-electron chi connectivity index (χ4n) is 2.80. The molecule has 1 aromatic rings. The summed E-state index contributed by atoms with van der Waals surface area (Å²) in [6.45, 7) is 1.32. The van der Waals surface area contributed by atoms with E-state index in [-0.39, 0.29) is 6.61 Å². The quantitative estimate of drug-likeness (QED) is 0.810. The molecule has 2 N–H and O–H groups in total. The lowest BCUT2D eigenvalue weighted by Crippen LogP contribution is -2.32. The minimum Gasteiger partial charge on any atom is -0.396 e. The van der Waals surface area contributed by atoms with Crippen LogP contribution in [-0.2, 0) is 12.8 Å². The lowest BCUT2D eigenvalue weighted by atomic mass is 9.95. The summed E-state index contributed by atoms with van der Waals surface area (Å²) in [5.74, 6) is 0. The third-order valence-electron chi connectivity index (χ3n) is 3.84. The number of benzene rings is 1. The maximum absolute atomic E-state index is 8.94. The summed E-state index contributed by atoms with van der Waals surface area (Å²) in [6.07, 6.45) is 8.77. The molecular weight excluding hydrogens is 222 g/mol. The predicted molar refractivity (Wildman–Crippen MR) is 75.8 cm³/mol. The molecule has 0 amide bonds. The van der Waals surface area contributed by atoms with Crippen molar-refractivity contribution in [2.45, 2.75) is 51.0 Å².